The zero-order chi connectivity index (χ0) is 13.4. The molecule has 1 aliphatic carbocycles. The molecule has 2 N–H and O–H groups in total. The molecule has 0 saturated carbocycles. The first-order valence-electron chi connectivity index (χ1n) is 6.36. The monoisotopic (exact) mass is 273 g/mol. The number of aromatic hydroxyl groups is 1. The Labute approximate surface area is 115 Å². The lowest BCUT2D eigenvalue weighted by atomic mass is 10.2. The van der Waals surface area contributed by atoms with Crippen LogP contribution in [0.25, 0.3) is 0 Å². The van der Waals surface area contributed by atoms with E-state index in [9.17, 15) is 9.90 Å². The Morgan fingerprint density at radius 2 is 2.16 bits per heavy atom. The van der Waals surface area contributed by atoms with Crippen molar-refractivity contribution in [2.75, 3.05) is 5.32 Å². The van der Waals surface area contributed by atoms with Gasteiger partial charge in [0.25, 0.3) is 5.91 Å². The highest BCUT2D eigenvalue weighted by atomic mass is 32.1. The van der Waals surface area contributed by atoms with E-state index in [0.717, 1.165) is 29.0 Å². The average Bonchev–Trinajstić information content (AvgIpc) is 2.93. The fourth-order valence-corrected chi connectivity index (χ4v) is 3.56. The third-order valence-electron chi connectivity index (χ3n) is 3.43. The number of thiophene rings is 1. The highest BCUT2D eigenvalue weighted by Crippen LogP contribution is 2.31. The van der Waals surface area contributed by atoms with Gasteiger partial charge in [0.1, 0.15) is 5.75 Å². The number of phenolic OH excluding ortho intramolecular Hbond substituents is 1. The Kier molecular flexibility index (Phi) is 3.03. The predicted molar refractivity (Wildman–Crippen MR) is 77.1 cm³/mol. The van der Waals surface area contributed by atoms with Crippen LogP contribution in [-0.4, -0.2) is 11.0 Å². The normalized spacial score (nSPS) is 13.3. The molecule has 19 heavy (non-hydrogen) atoms. The lowest BCUT2D eigenvalue weighted by Gasteiger charge is -2.07. The summed E-state index contributed by atoms with van der Waals surface area (Å²) in [6.07, 6.45) is 3.41. The van der Waals surface area contributed by atoms with Gasteiger partial charge < -0.3 is 10.4 Å². The van der Waals surface area contributed by atoms with E-state index in [4.69, 9.17) is 0 Å². The van der Waals surface area contributed by atoms with E-state index in [2.05, 4.69) is 5.32 Å². The van der Waals surface area contributed by atoms with Crippen molar-refractivity contribution in [3.63, 3.8) is 0 Å². The summed E-state index contributed by atoms with van der Waals surface area (Å²) in [5.74, 6) is 0.152. The van der Waals surface area contributed by atoms with Crippen LogP contribution in [0.15, 0.2) is 24.3 Å². The summed E-state index contributed by atoms with van der Waals surface area (Å²) in [5.41, 5.74) is 2.94. The van der Waals surface area contributed by atoms with Crippen LogP contribution in [0.1, 0.15) is 32.1 Å². The van der Waals surface area contributed by atoms with Crippen molar-refractivity contribution in [1.82, 2.24) is 0 Å². The first-order chi connectivity index (χ1) is 9.13. The molecule has 2 aromatic rings. The Morgan fingerprint density at radius 1 is 1.32 bits per heavy atom. The van der Waals surface area contributed by atoms with Gasteiger partial charge in [-0.2, -0.15) is 0 Å². The minimum Gasteiger partial charge on any atom is -0.508 e. The molecule has 1 amide bonds. The van der Waals surface area contributed by atoms with Crippen LogP contribution in [0.4, 0.5) is 5.69 Å². The van der Waals surface area contributed by atoms with Gasteiger partial charge in [-0.25, -0.2) is 0 Å². The smallest absolute Gasteiger partial charge is 0.265 e. The molecule has 0 spiro atoms. The number of fused-ring (bicyclic) bond motifs is 1. The van der Waals surface area contributed by atoms with Gasteiger partial charge in [0.15, 0.2) is 0 Å². The van der Waals surface area contributed by atoms with E-state index in [1.54, 1.807) is 29.5 Å². The third-order valence-corrected chi connectivity index (χ3v) is 4.66. The summed E-state index contributed by atoms with van der Waals surface area (Å²) in [4.78, 5) is 14.3. The van der Waals surface area contributed by atoms with Crippen molar-refractivity contribution in [2.24, 2.45) is 0 Å². The maximum absolute atomic E-state index is 12.2. The van der Waals surface area contributed by atoms with E-state index in [0.29, 0.717) is 0 Å². The molecule has 3 rings (SSSR count). The van der Waals surface area contributed by atoms with Gasteiger partial charge in [0.05, 0.1) is 4.88 Å². The van der Waals surface area contributed by atoms with Crippen LogP contribution in [0, 0.1) is 6.92 Å². The highest BCUT2D eigenvalue weighted by molar-refractivity contribution is 7.14. The largest absolute Gasteiger partial charge is 0.508 e. The number of amides is 1. The number of nitrogens with one attached hydrogen (secondary N) is 1. The minimum atomic E-state index is -0.0619. The maximum atomic E-state index is 12.2. The SMILES string of the molecule is Cc1cc(O)ccc1NC(=O)c1cc2c(s1)CCC2. The maximum Gasteiger partial charge on any atom is 0.265 e. The molecule has 1 aromatic carbocycles. The molecule has 0 bridgehead atoms. The van der Waals surface area contributed by atoms with Gasteiger partial charge in [-0.3, -0.25) is 4.79 Å². The molecule has 0 radical (unpaired) electrons. The van der Waals surface area contributed by atoms with E-state index >= 15 is 0 Å². The Bertz CT molecular complexity index is 624. The van der Waals surface area contributed by atoms with Crippen LogP contribution < -0.4 is 5.32 Å². The zero-order valence-electron chi connectivity index (χ0n) is 10.7. The Hall–Kier alpha value is -1.81. The molecule has 1 heterocycles. The fourth-order valence-electron chi connectivity index (χ4n) is 2.41. The van der Waals surface area contributed by atoms with Crippen LogP contribution in [-0.2, 0) is 12.8 Å². The van der Waals surface area contributed by atoms with Crippen molar-refractivity contribution < 1.29 is 9.90 Å². The highest BCUT2D eigenvalue weighted by Gasteiger charge is 2.18. The topological polar surface area (TPSA) is 49.3 Å². The summed E-state index contributed by atoms with van der Waals surface area (Å²) in [6.45, 7) is 1.86. The molecule has 0 atom stereocenters. The molecule has 0 saturated heterocycles. The van der Waals surface area contributed by atoms with Gasteiger partial charge in [0.2, 0.25) is 0 Å². The zero-order valence-corrected chi connectivity index (χ0v) is 11.5. The molecular formula is C15H15NO2S. The molecule has 98 valence electrons. The van der Waals surface area contributed by atoms with Crippen molar-refractivity contribution in [3.8, 4) is 5.75 Å². The molecule has 1 aliphatic rings. The number of benzene rings is 1. The summed E-state index contributed by atoms with van der Waals surface area (Å²) < 4.78 is 0. The first-order valence-corrected chi connectivity index (χ1v) is 7.17. The first kappa shape index (κ1) is 12.2. The second-order valence-electron chi connectivity index (χ2n) is 4.87. The molecule has 1 aromatic heterocycles. The minimum absolute atomic E-state index is 0.0619. The van der Waals surface area contributed by atoms with Crippen molar-refractivity contribution >= 4 is 22.9 Å². The number of carbonyl (C=O) groups is 1. The van der Waals surface area contributed by atoms with Crippen LogP contribution >= 0.6 is 11.3 Å². The average molecular weight is 273 g/mol. The lowest BCUT2D eigenvalue weighted by Crippen LogP contribution is -2.11. The molecule has 3 nitrogen and oxygen atoms in total. The van der Waals surface area contributed by atoms with E-state index in [1.807, 2.05) is 13.0 Å². The van der Waals surface area contributed by atoms with Crippen molar-refractivity contribution in [1.29, 1.82) is 0 Å². The number of phenols is 1. The molecule has 0 aliphatic heterocycles. The number of anilines is 1. The summed E-state index contributed by atoms with van der Waals surface area (Å²) in [6, 6.07) is 6.96. The molecule has 0 unspecified atom stereocenters. The predicted octanol–water partition coefficient (Wildman–Crippen LogP) is 3.50. The van der Waals surface area contributed by atoms with Crippen LogP contribution in [0.3, 0.4) is 0 Å². The van der Waals surface area contributed by atoms with Crippen LogP contribution in [0.5, 0.6) is 5.75 Å². The van der Waals surface area contributed by atoms with Gasteiger partial charge in [-0.05, 0) is 61.6 Å². The second kappa shape index (κ2) is 4.70. The third kappa shape index (κ3) is 2.36. The summed E-state index contributed by atoms with van der Waals surface area (Å²) >= 11 is 1.60. The lowest BCUT2D eigenvalue weighted by molar-refractivity contribution is 0.103. The molecule has 4 heteroatoms. The number of rotatable bonds is 2. The molecule has 0 fully saturated rings. The summed E-state index contributed by atoms with van der Waals surface area (Å²) in [7, 11) is 0. The van der Waals surface area contributed by atoms with Gasteiger partial charge in [-0.15, -0.1) is 11.3 Å². The number of carbonyl (C=O) groups excluding carboxylic acids is 1. The summed E-state index contributed by atoms with van der Waals surface area (Å²) in [5, 5.41) is 12.3. The Morgan fingerprint density at radius 3 is 2.89 bits per heavy atom. The van der Waals surface area contributed by atoms with Crippen molar-refractivity contribution in [2.45, 2.75) is 26.2 Å². The van der Waals surface area contributed by atoms with Crippen molar-refractivity contribution in [3.05, 3.63) is 45.1 Å². The van der Waals surface area contributed by atoms with E-state index < -0.39 is 0 Å². The standard InChI is InChI=1S/C15H15NO2S/c1-9-7-11(17)5-6-12(9)16-15(18)14-8-10-3-2-4-13(10)19-14/h5-8,17H,2-4H2,1H3,(H,16,18). The number of hydrogen-bond acceptors (Lipinski definition) is 3. The quantitative estimate of drug-likeness (QED) is 0.823. The van der Waals surface area contributed by atoms with E-state index in [-0.39, 0.29) is 11.7 Å². The number of hydrogen-bond donors (Lipinski definition) is 2. The Balaban J connectivity index is 1.80. The van der Waals surface area contributed by atoms with Gasteiger partial charge >= 0.3 is 0 Å². The number of aryl methyl sites for hydroxylation is 3. The van der Waals surface area contributed by atoms with Gasteiger partial charge in [-0.1, -0.05) is 0 Å². The molecular weight excluding hydrogens is 258 g/mol. The van der Waals surface area contributed by atoms with Gasteiger partial charge in [0, 0.05) is 10.6 Å². The van der Waals surface area contributed by atoms with Crippen LogP contribution in [0.2, 0.25) is 0 Å². The second-order valence-corrected chi connectivity index (χ2v) is 6.00. The van der Waals surface area contributed by atoms with E-state index in [1.165, 1.54) is 16.9 Å². The fraction of sp³-hybridized carbons (Fsp3) is 0.267.